The fourth-order valence-electron chi connectivity index (χ4n) is 3.06. The average Bonchev–Trinajstić information content (AvgIpc) is 2.94. The van der Waals surface area contributed by atoms with Crippen molar-refractivity contribution in [3.63, 3.8) is 0 Å². The first kappa shape index (κ1) is 16.1. The van der Waals surface area contributed by atoms with Crippen molar-refractivity contribution >= 4 is 0 Å². The second-order valence-electron chi connectivity index (χ2n) is 6.74. The minimum atomic E-state index is 0.240. The van der Waals surface area contributed by atoms with Gasteiger partial charge in [-0.25, -0.2) is 0 Å². The molecule has 1 aromatic heterocycles. The van der Waals surface area contributed by atoms with Gasteiger partial charge in [0.25, 0.3) is 0 Å². The van der Waals surface area contributed by atoms with Crippen molar-refractivity contribution in [2.24, 2.45) is 0 Å². The van der Waals surface area contributed by atoms with E-state index >= 15 is 0 Å². The number of nitrogens with zero attached hydrogens (tertiary/aromatic N) is 3. The number of aromatic nitrogens is 2. The Balaban J connectivity index is 1.68. The van der Waals surface area contributed by atoms with Gasteiger partial charge >= 0.3 is 0 Å². The van der Waals surface area contributed by atoms with Gasteiger partial charge in [0.2, 0.25) is 11.7 Å². The summed E-state index contributed by atoms with van der Waals surface area (Å²) >= 11 is 0. The van der Waals surface area contributed by atoms with Gasteiger partial charge in [-0.15, -0.1) is 0 Å². The zero-order valence-corrected chi connectivity index (χ0v) is 14.3. The van der Waals surface area contributed by atoms with Gasteiger partial charge in [0.15, 0.2) is 0 Å². The highest BCUT2D eigenvalue weighted by Gasteiger charge is 2.23. The summed E-state index contributed by atoms with van der Waals surface area (Å²) in [5.41, 5.74) is 2.31. The van der Waals surface area contributed by atoms with Crippen LogP contribution in [0.2, 0.25) is 0 Å². The van der Waals surface area contributed by atoms with E-state index in [4.69, 9.17) is 9.26 Å². The Morgan fingerprint density at radius 2 is 1.78 bits per heavy atom. The van der Waals surface area contributed by atoms with Crippen LogP contribution in [0.3, 0.4) is 0 Å². The van der Waals surface area contributed by atoms with Crippen LogP contribution in [0.25, 0.3) is 11.4 Å². The van der Waals surface area contributed by atoms with Gasteiger partial charge in [0.1, 0.15) is 0 Å². The lowest BCUT2D eigenvalue weighted by atomic mass is 10.0. The molecule has 2 heterocycles. The van der Waals surface area contributed by atoms with E-state index in [9.17, 15) is 0 Å². The Hall–Kier alpha value is -1.72. The summed E-state index contributed by atoms with van der Waals surface area (Å²) in [4.78, 5) is 6.84. The van der Waals surface area contributed by atoms with E-state index in [0.717, 1.165) is 18.7 Å². The summed E-state index contributed by atoms with van der Waals surface area (Å²) in [6, 6.07) is 8.37. The standard InChI is InChI=1S/C18H25N3O2/c1-12(2)15-5-7-16(8-6-15)18-19-17(23-20-18)11-21-9-13(3)22-14(4)10-21/h5-8,12-14H,9-11H2,1-4H3. The van der Waals surface area contributed by atoms with E-state index in [1.54, 1.807) is 0 Å². The minimum Gasteiger partial charge on any atom is -0.373 e. The number of hydrogen-bond acceptors (Lipinski definition) is 5. The molecule has 0 saturated carbocycles. The summed E-state index contributed by atoms with van der Waals surface area (Å²) < 4.78 is 11.2. The van der Waals surface area contributed by atoms with E-state index < -0.39 is 0 Å². The highest BCUT2D eigenvalue weighted by Crippen LogP contribution is 2.21. The fraction of sp³-hybridized carbons (Fsp3) is 0.556. The molecule has 2 atom stereocenters. The molecule has 1 aromatic carbocycles. The lowest BCUT2D eigenvalue weighted by Gasteiger charge is -2.34. The molecule has 0 bridgehead atoms. The van der Waals surface area contributed by atoms with Crippen molar-refractivity contribution in [3.8, 4) is 11.4 Å². The molecule has 1 aliphatic heterocycles. The van der Waals surface area contributed by atoms with Gasteiger partial charge in [-0.2, -0.15) is 4.98 Å². The zero-order chi connectivity index (χ0) is 16.4. The fourth-order valence-corrected chi connectivity index (χ4v) is 3.06. The van der Waals surface area contributed by atoms with Gasteiger partial charge in [-0.1, -0.05) is 43.3 Å². The molecule has 1 aliphatic rings. The van der Waals surface area contributed by atoms with Crippen LogP contribution < -0.4 is 0 Å². The van der Waals surface area contributed by atoms with Crippen LogP contribution in [0.15, 0.2) is 28.8 Å². The van der Waals surface area contributed by atoms with Crippen molar-refractivity contribution in [2.75, 3.05) is 13.1 Å². The Kier molecular flexibility index (Phi) is 4.78. The summed E-state index contributed by atoms with van der Waals surface area (Å²) in [6.07, 6.45) is 0.481. The topological polar surface area (TPSA) is 51.4 Å². The maximum atomic E-state index is 5.75. The molecule has 2 unspecified atom stereocenters. The summed E-state index contributed by atoms with van der Waals surface area (Å²) in [5, 5.41) is 4.12. The zero-order valence-electron chi connectivity index (χ0n) is 14.3. The van der Waals surface area contributed by atoms with Crippen LogP contribution in [-0.4, -0.2) is 40.3 Å². The van der Waals surface area contributed by atoms with E-state index in [1.807, 2.05) is 0 Å². The maximum absolute atomic E-state index is 5.75. The highest BCUT2D eigenvalue weighted by molar-refractivity contribution is 5.54. The van der Waals surface area contributed by atoms with Crippen LogP contribution in [0.1, 0.15) is 45.1 Å². The first-order valence-electron chi connectivity index (χ1n) is 8.32. The SMILES string of the molecule is CC1CN(Cc2nc(-c3ccc(C(C)C)cc3)no2)CC(C)O1. The molecule has 5 nitrogen and oxygen atoms in total. The molecule has 124 valence electrons. The molecule has 0 N–H and O–H groups in total. The number of rotatable bonds is 4. The van der Waals surface area contributed by atoms with Crippen molar-refractivity contribution in [2.45, 2.75) is 52.4 Å². The van der Waals surface area contributed by atoms with E-state index in [2.05, 4.69) is 67.0 Å². The minimum absolute atomic E-state index is 0.240. The molecular weight excluding hydrogens is 290 g/mol. The summed E-state index contributed by atoms with van der Waals surface area (Å²) in [7, 11) is 0. The Morgan fingerprint density at radius 3 is 2.39 bits per heavy atom. The molecule has 2 aromatic rings. The Morgan fingerprint density at radius 1 is 1.13 bits per heavy atom. The molecule has 1 fully saturated rings. The predicted octanol–water partition coefficient (Wildman–Crippen LogP) is 3.47. The second-order valence-corrected chi connectivity index (χ2v) is 6.74. The lowest BCUT2D eigenvalue weighted by molar-refractivity contribution is -0.0725. The highest BCUT2D eigenvalue weighted by atomic mass is 16.5. The third-order valence-electron chi connectivity index (χ3n) is 4.16. The number of hydrogen-bond donors (Lipinski definition) is 0. The van der Waals surface area contributed by atoms with Crippen LogP contribution >= 0.6 is 0 Å². The smallest absolute Gasteiger partial charge is 0.241 e. The molecule has 0 spiro atoms. The molecule has 0 radical (unpaired) electrons. The second kappa shape index (κ2) is 6.81. The monoisotopic (exact) mass is 315 g/mol. The van der Waals surface area contributed by atoms with E-state index in [1.165, 1.54) is 5.56 Å². The summed E-state index contributed by atoms with van der Waals surface area (Å²) in [6.45, 7) is 11.0. The van der Waals surface area contributed by atoms with Gasteiger partial charge in [0, 0.05) is 18.7 Å². The summed E-state index contributed by atoms with van der Waals surface area (Å²) in [5.74, 6) is 1.84. The van der Waals surface area contributed by atoms with E-state index in [-0.39, 0.29) is 12.2 Å². The molecular formula is C18H25N3O2. The maximum Gasteiger partial charge on any atom is 0.241 e. The van der Waals surface area contributed by atoms with Gasteiger partial charge < -0.3 is 9.26 Å². The first-order chi connectivity index (χ1) is 11.0. The third-order valence-corrected chi connectivity index (χ3v) is 4.16. The molecule has 0 aliphatic carbocycles. The Labute approximate surface area is 137 Å². The largest absolute Gasteiger partial charge is 0.373 e. The van der Waals surface area contributed by atoms with Gasteiger partial charge in [0.05, 0.1) is 18.8 Å². The van der Waals surface area contributed by atoms with Crippen molar-refractivity contribution < 1.29 is 9.26 Å². The number of ether oxygens (including phenoxy) is 1. The lowest BCUT2D eigenvalue weighted by Crippen LogP contribution is -2.44. The molecule has 5 heteroatoms. The predicted molar refractivity (Wildman–Crippen MR) is 89.1 cm³/mol. The first-order valence-corrected chi connectivity index (χ1v) is 8.32. The number of morpholine rings is 1. The van der Waals surface area contributed by atoms with Crippen LogP contribution in [0.5, 0.6) is 0 Å². The van der Waals surface area contributed by atoms with Gasteiger partial charge in [-0.05, 0) is 25.3 Å². The van der Waals surface area contributed by atoms with Crippen molar-refractivity contribution in [3.05, 3.63) is 35.7 Å². The molecule has 1 saturated heterocycles. The molecule has 0 amide bonds. The van der Waals surface area contributed by atoms with Crippen LogP contribution in [0, 0.1) is 0 Å². The molecule has 23 heavy (non-hydrogen) atoms. The number of benzene rings is 1. The Bertz CT molecular complexity index is 626. The third kappa shape index (κ3) is 3.98. The van der Waals surface area contributed by atoms with Crippen molar-refractivity contribution in [1.82, 2.24) is 15.0 Å². The molecule has 3 rings (SSSR count). The van der Waals surface area contributed by atoms with Crippen LogP contribution in [-0.2, 0) is 11.3 Å². The average molecular weight is 315 g/mol. The quantitative estimate of drug-likeness (QED) is 0.864. The van der Waals surface area contributed by atoms with E-state index in [0.29, 0.717) is 24.2 Å². The van der Waals surface area contributed by atoms with Gasteiger partial charge in [-0.3, -0.25) is 4.90 Å². The normalized spacial score (nSPS) is 22.7. The van der Waals surface area contributed by atoms with Crippen molar-refractivity contribution in [1.29, 1.82) is 0 Å². The van der Waals surface area contributed by atoms with Crippen LogP contribution in [0.4, 0.5) is 0 Å².